The Morgan fingerprint density at radius 1 is 1.28 bits per heavy atom. The van der Waals surface area contributed by atoms with Gasteiger partial charge in [-0.15, -0.1) is 0 Å². The van der Waals surface area contributed by atoms with Crippen molar-refractivity contribution < 1.29 is 9.37 Å². The van der Waals surface area contributed by atoms with Crippen molar-refractivity contribution in [2.75, 3.05) is 7.05 Å². The molecule has 1 heterocycles. The summed E-state index contributed by atoms with van der Waals surface area (Å²) in [5.74, 6) is 0.710. The smallest absolute Gasteiger partial charge is 0.213 e. The van der Waals surface area contributed by atoms with Crippen molar-refractivity contribution in [3.8, 4) is 0 Å². The second-order valence-electron chi connectivity index (χ2n) is 5.60. The van der Waals surface area contributed by atoms with Crippen molar-refractivity contribution in [1.29, 1.82) is 0 Å². The number of rotatable bonds is 0. The summed E-state index contributed by atoms with van der Waals surface area (Å²) in [4.78, 5) is 12.5. The molecule has 2 heteroatoms. The Hall–Kier alpha value is -1.70. The van der Waals surface area contributed by atoms with Crippen LogP contribution in [0.1, 0.15) is 36.3 Å². The summed E-state index contributed by atoms with van der Waals surface area (Å²) in [6.07, 6.45) is 7.59. The van der Waals surface area contributed by atoms with E-state index in [4.69, 9.17) is 0 Å². The summed E-state index contributed by atoms with van der Waals surface area (Å²) in [6.45, 7) is 0. The van der Waals surface area contributed by atoms with Gasteiger partial charge in [-0.25, -0.2) is 4.58 Å². The van der Waals surface area contributed by atoms with Gasteiger partial charge in [0.25, 0.3) is 0 Å². The van der Waals surface area contributed by atoms with E-state index >= 15 is 0 Å². The number of hydrogen-bond acceptors (Lipinski definition) is 1. The van der Waals surface area contributed by atoms with E-state index < -0.39 is 0 Å². The number of Topliss-reactive ketones (excluding diaryl/α,β-unsaturated/α-hetero) is 1. The molecule has 2 aliphatic carbocycles. The highest BCUT2D eigenvalue weighted by Gasteiger charge is 2.39. The van der Waals surface area contributed by atoms with Crippen molar-refractivity contribution in [2.24, 2.45) is 5.92 Å². The van der Waals surface area contributed by atoms with Crippen LogP contribution in [-0.4, -0.2) is 23.6 Å². The third-order valence-electron chi connectivity index (χ3n) is 4.55. The molecule has 2 nitrogen and oxygen atoms in total. The first-order chi connectivity index (χ1) is 8.75. The molecule has 2 bridgehead atoms. The predicted octanol–water partition coefficient (Wildman–Crippen LogP) is 2.89. The molecule has 1 aliphatic heterocycles. The van der Waals surface area contributed by atoms with E-state index in [9.17, 15) is 4.79 Å². The monoisotopic (exact) mass is 238 g/mol. The Labute approximate surface area is 107 Å². The highest BCUT2D eigenvalue weighted by atomic mass is 16.1. The first-order valence-corrected chi connectivity index (χ1v) is 6.72. The SMILES string of the molecule is C[N+]1=CC2=C[C@H]3CCC[C@H](C3=O)c3cccc1c32. The van der Waals surface area contributed by atoms with E-state index in [0.29, 0.717) is 5.78 Å². The minimum Gasteiger partial charge on any atom is -0.298 e. The van der Waals surface area contributed by atoms with Crippen LogP contribution in [0.3, 0.4) is 0 Å². The molecule has 90 valence electrons. The van der Waals surface area contributed by atoms with Crippen molar-refractivity contribution in [3.63, 3.8) is 0 Å². The van der Waals surface area contributed by atoms with Gasteiger partial charge in [0, 0.05) is 23.5 Å². The third kappa shape index (κ3) is 1.18. The van der Waals surface area contributed by atoms with Gasteiger partial charge in [-0.1, -0.05) is 24.6 Å². The van der Waals surface area contributed by atoms with E-state index in [1.54, 1.807) is 0 Å². The van der Waals surface area contributed by atoms with Crippen LogP contribution in [-0.2, 0) is 4.79 Å². The zero-order valence-electron chi connectivity index (χ0n) is 10.5. The highest BCUT2D eigenvalue weighted by Crippen LogP contribution is 2.45. The average molecular weight is 238 g/mol. The molecule has 4 rings (SSSR count). The Bertz CT molecular complexity index is 624. The molecule has 0 radical (unpaired) electrons. The van der Waals surface area contributed by atoms with Crippen molar-refractivity contribution in [3.05, 3.63) is 35.4 Å². The number of ketones is 1. The maximum absolute atomic E-state index is 12.5. The van der Waals surface area contributed by atoms with Crippen molar-refractivity contribution in [2.45, 2.75) is 25.2 Å². The molecule has 0 spiro atoms. The van der Waals surface area contributed by atoms with Crippen LogP contribution in [0.15, 0.2) is 24.3 Å². The Balaban J connectivity index is 2.05. The lowest BCUT2D eigenvalue weighted by molar-refractivity contribution is -0.395. The first kappa shape index (κ1) is 10.2. The summed E-state index contributed by atoms with van der Waals surface area (Å²) in [7, 11) is 2.09. The van der Waals surface area contributed by atoms with Gasteiger partial charge in [-0.2, -0.15) is 0 Å². The number of benzene rings is 1. The summed E-state index contributed by atoms with van der Waals surface area (Å²) < 4.78 is 2.18. The molecule has 1 saturated carbocycles. The van der Waals surface area contributed by atoms with Crippen LogP contribution in [0.25, 0.3) is 5.57 Å². The molecule has 0 aromatic heterocycles. The minimum absolute atomic E-state index is 0.132. The van der Waals surface area contributed by atoms with Crippen molar-refractivity contribution >= 4 is 23.3 Å². The van der Waals surface area contributed by atoms with Gasteiger partial charge in [-0.05, 0) is 18.4 Å². The molecular formula is C16H16NO+. The van der Waals surface area contributed by atoms with Gasteiger partial charge in [0.05, 0.1) is 5.56 Å². The lowest BCUT2D eigenvalue weighted by Crippen LogP contribution is -2.24. The summed E-state index contributed by atoms with van der Waals surface area (Å²) >= 11 is 0. The number of allylic oxidation sites excluding steroid dienone is 2. The van der Waals surface area contributed by atoms with Crippen LogP contribution < -0.4 is 0 Å². The second-order valence-corrected chi connectivity index (χ2v) is 5.60. The van der Waals surface area contributed by atoms with Crippen LogP contribution in [0.5, 0.6) is 0 Å². The molecule has 1 fully saturated rings. The molecule has 0 N–H and O–H groups in total. The first-order valence-electron chi connectivity index (χ1n) is 6.72. The molecule has 18 heavy (non-hydrogen) atoms. The highest BCUT2D eigenvalue weighted by molar-refractivity contribution is 6.15. The number of fused-ring (bicyclic) bond motifs is 3. The Morgan fingerprint density at radius 3 is 3.06 bits per heavy atom. The van der Waals surface area contributed by atoms with Gasteiger partial charge in [0.1, 0.15) is 12.8 Å². The number of carbonyl (C=O) groups excluding carboxylic acids is 1. The van der Waals surface area contributed by atoms with E-state index in [1.165, 1.54) is 28.8 Å². The largest absolute Gasteiger partial charge is 0.298 e. The quantitative estimate of drug-likeness (QED) is 0.636. The number of carbonyl (C=O) groups is 1. The molecule has 1 aromatic rings. The normalized spacial score (nSPS) is 28.4. The van der Waals surface area contributed by atoms with E-state index in [-0.39, 0.29) is 11.8 Å². The molecule has 0 amide bonds. The molecule has 0 unspecified atom stereocenters. The van der Waals surface area contributed by atoms with Gasteiger partial charge in [-0.3, -0.25) is 4.79 Å². The van der Waals surface area contributed by atoms with Gasteiger partial charge in [0.15, 0.2) is 6.21 Å². The van der Waals surface area contributed by atoms with E-state index in [2.05, 4.69) is 42.1 Å². The summed E-state index contributed by atoms with van der Waals surface area (Å²) in [5, 5.41) is 0. The van der Waals surface area contributed by atoms with Gasteiger partial charge >= 0.3 is 0 Å². The van der Waals surface area contributed by atoms with Crippen LogP contribution in [0.4, 0.5) is 5.69 Å². The van der Waals surface area contributed by atoms with Gasteiger partial charge < -0.3 is 0 Å². The second kappa shape index (κ2) is 3.41. The lowest BCUT2D eigenvalue weighted by atomic mass is 9.77. The standard InChI is InChI=1S/C16H16NO/c1-17-9-11-8-10-4-2-6-13(16(10)18)12-5-3-7-14(17)15(11)12/h3,5,7-10,13H,2,4,6H2,1H3/q+1/t10-,13+/m1/s1. The fraction of sp³-hybridized carbons (Fsp3) is 0.375. The zero-order valence-corrected chi connectivity index (χ0v) is 10.5. The molecule has 0 saturated heterocycles. The number of hydrogen-bond donors (Lipinski definition) is 0. The molecular weight excluding hydrogens is 222 g/mol. The van der Waals surface area contributed by atoms with E-state index in [0.717, 1.165) is 12.8 Å². The van der Waals surface area contributed by atoms with Gasteiger partial charge in [0.2, 0.25) is 5.69 Å². The maximum atomic E-state index is 12.5. The van der Waals surface area contributed by atoms with E-state index in [1.807, 2.05) is 0 Å². The Kier molecular flexibility index (Phi) is 1.94. The van der Waals surface area contributed by atoms with Crippen LogP contribution in [0, 0.1) is 5.92 Å². The topological polar surface area (TPSA) is 20.1 Å². The molecule has 1 aromatic carbocycles. The molecule has 3 aliphatic rings. The zero-order chi connectivity index (χ0) is 12.3. The minimum atomic E-state index is 0.132. The van der Waals surface area contributed by atoms with Crippen molar-refractivity contribution in [1.82, 2.24) is 0 Å². The maximum Gasteiger partial charge on any atom is 0.213 e. The summed E-state index contributed by atoms with van der Waals surface area (Å²) in [6, 6.07) is 6.38. The fourth-order valence-electron chi connectivity index (χ4n) is 3.70. The third-order valence-corrected chi connectivity index (χ3v) is 4.55. The Morgan fingerprint density at radius 2 is 2.17 bits per heavy atom. The fourth-order valence-corrected chi connectivity index (χ4v) is 3.70. The summed E-state index contributed by atoms with van der Waals surface area (Å²) in [5.41, 5.74) is 5.07. The lowest BCUT2D eigenvalue weighted by Gasteiger charge is -2.25. The predicted molar refractivity (Wildman–Crippen MR) is 71.4 cm³/mol. The van der Waals surface area contributed by atoms with Crippen LogP contribution >= 0.6 is 0 Å². The van der Waals surface area contributed by atoms with Crippen LogP contribution in [0.2, 0.25) is 0 Å². The number of nitrogens with zero attached hydrogens (tertiary/aromatic N) is 1. The molecule has 2 atom stereocenters. The average Bonchev–Trinajstić information content (AvgIpc) is 2.68.